The van der Waals surface area contributed by atoms with E-state index < -0.39 is 11.4 Å². The number of amides is 1. The normalized spacial score (nSPS) is 22.1. The fourth-order valence-corrected chi connectivity index (χ4v) is 5.09. The highest BCUT2D eigenvalue weighted by atomic mass is 32.1. The average molecular weight is 388 g/mol. The van der Waals surface area contributed by atoms with Crippen LogP contribution in [0.25, 0.3) is 10.2 Å². The molecule has 1 aliphatic heterocycles. The molecule has 2 N–H and O–H groups in total. The molecule has 3 heterocycles. The van der Waals surface area contributed by atoms with Gasteiger partial charge in [-0.2, -0.15) is 0 Å². The van der Waals surface area contributed by atoms with E-state index in [2.05, 4.69) is 15.3 Å². The maximum Gasteiger partial charge on any atom is 0.311 e. The summed E-state index contributed by atoms with van der Waals surface area (Å²) in [6.45, 7) is 0.979. The number of carboxylic acids is 1. The number of anilines is 1. The molecule has 8 heteroatoms. The summed E-state index contributed by atoms with van der Waals surface area (Å²) in [5.74, 6) is -0.0910. The third-order valence-corrected chi connectivity index (χ3v) is 6.75. The Morgan fingerprint density at radius 1 is 1.26 bits per heavy atom. The van der Waals surface area contributed by atoms with Gasteiger partial charge in [0, 0.05) is 13.1 Å². The van der Waals surface area contributed by atoms with Gasteiger partial charge < -0.3 is 15.3 Å². The lowest BCUT2D eigenvalue weighted by atomic mass is 9.74. The van der Waals surface area contributed by atoms with Crippen LogP contribution in [0.4, 0.5) is 5.82 Å². The molecule has 4 rings (SSSR count). The van der Waals surface area contributed by atoms with Gasteiger partial charge in [-0.3, -0.25) is 9.59 Å². The first-order valence-electron chi connectivity index (χ1n) is 9.57. The Bertz CT molecular complexity index is 846. The molecule has 0 spiro atoms. The van der Waals surface area contributed by atoms with Gasteiger partial charge in [-0.1, -0.05) is 19.3 Å². The number of carboxylic acid groups (broad SMARTS) is 1. The summed E-state index contributed by atoms with van der Waals surface area (Å²) in [5, 5.41) is 15.6. The van der Waals surface area contributed by atoms with Crippen LogP contribution in [0.3, 0.4) is 0 Å². The van der Waals surface area contributed by atoms with Gasteiger partial charge in [0.1, 0.15) is 23.0 Å². The summed E-state index contributed by atoms with van der Waals surface area (Å²) in [4.78, 5) is 36.4. The van der Waals surface area contributed by atoms with Gasteiger partial charge in [-0.05, 0) is 37.1 Å². The molecule has 27 heavy (non-hydrogen) atoms. The Morgan fingerprint density at radius 3 is 2.85 bits per heavy atom. The molecule has 1 saturated carbocycles. The summed E-state index contributed by atoms with van der Waals surface area (Å²) >= 11 is 1.56. The van der Waals surface area contributed by atoms with Crippen molar-refractivity contribution in [2.24, 2.45) is 5.41 Å². The number of aromatic nitrogens is 2. The van der Waals surface area contributed by atoms with E-state index in [4.69, 9.17) is 0 Å². The largest absolute Gasteiger partial charge is 0.481 e. The first kappa shape index (κ1) is 18.2. The molecule has 144 valence electrons. The van der Waals surface area contributed by atoms with Crippen LogP contribution in [0.1, 0.15) is 44.9 Å². The molecule has 1 unspecified atom stereocenters. The van der Waals surface area contributed by atoms with Crippen molar-refractivity contribution in [2.45, 2.75) is 51.0 Å². The Kier molecular flexibility index (Phi) is 4.99. The topological polar surface area (TPSA) is 95.4 Å². The van der Waals surface area contributed by atoms with Crippen molar-refractivity contribution in [3.63, 3.8) is 0 Å². The number of fused-ring (bicyclic) bond motifs is 1. The minimum absolute atomic E-state index is 0.0966. The fraction of sp³-hybridized carbons (Fsp3) is 0.579. The van der Waals surface area contributed by atoms with Crippen LogP contribution < -0.4 is 10.2 Å². The van der Waals surface area contributed by atoms with E-state index in [9.17, 15) is 14.7 Å². The van der Waals surface area contributed by atoms with Crippen LogP contribution in [0.5, 0.6) is 0 Å². The number of carbonyl (C=O) groups excluding carboxylic acids is 1. The second-order valence-corrected chi connectivity index (χ2v) is 8.45. The lowest BCUT2D eigenvalue weighted by molar-refractivity contribution is -0.151. The molecular weight excluding hydrogens is 364 g/mol. The zero-order valence-corrected chi connectivity index (χ0v) is 16.0. The second kappa shape index (κ2) is 7.42. The van der Waals surface area contributed by atoms with Gasteiger partial charge >= 0.3 is 5.97 Å². The average Bonchev–Trinajstić information content (AvgIpc) is 3.35. The van der Waals surface area contributed by atoms with Crippen LogP contribution in [0, 0.1) is 5.41 Å². The minimum Gasteiger partial charge on any atom is -0.481 e. The number of aliphatic carboxylic acids is 1. The fourth-order valence-electron chi connectivity index (χ4n) is 4.37. The Morgan fingerprint density at radius 2 is 2.07 bits per heavy atom. The number of thiophene rings is 1. The van der Waals surface area contributed by atoms with E-state index in [1.165, 1.54) is 0 Å². The molecule has 1 saturated heterocycles. The van der Waals surface area contributed by atoms with Crippen molar-refractivity contribution >= 4 is 39.2 Å². The number of rotatable bonds is 5. The van der Waals surface area contributed by atoms with Crippen molar-refractivity contribution in [1.29, 1.82) is 0 Å². The van der Waals surface area contributed by atoms with Crippen molar-refractivity contribution in [2.75, 3.05) is 18.0 Å². The predicted molar refractivity (Wildman–Crippen MR) is 104 cm³/mol. The molecule has 7 nitrogen and oxygen atoms in total. The van der Waals surface area contributed by atoms with E-state index >= 15 is 0 Å². The van der Waals surface area contributed by atoms with E-state index in [1.54, 1.807) is 17.7 Å². The van der Waals surface area contributed by atoms with E-state index in [0.29, 0.717) is 12.8 Å². The zero-order chi connectivity index (χ0) is 18.9. The molecule has 0 aromatic carbocycles. The molecular formula is C19H24N4O3S. The smallest absolute Gasteiger partial charge is 0.311 e. The van der Waals surface area contributed by atoms with Crippen LogP contribution in [0.2, 0.25) is 0 Å². The molecule has 1 atom stereocenters. The number of hydrogen-bond donors (Lipinski definition) is 2. The summed E-state index contributed by atoms with van der Waals surface area (Å²) in [5.41, 5.74) is -0.813. The van der Waals surface area contributed by atoms with Gasteiger partial charge in [-0.25, -0.2) is 9.97 Å². The van der Waals surface area contributed by atoms with Crippen LogP contribution in [-0.2, 0) is 9.59 Å². The minimum atomic E-state index is -0.813. The monoisotopic (exact) mass is 388 g/mol. The summed E-state index contributed by atoms with van der Waals surface area (Å²) in [6, 6.07) is 1.68. The van der Waals surface area contributed by atoms with Crippen LogP contribution in [-0.4, -0.2) is 46.1 Å². The Labute approximate surface area is 161 Å². The van der Waals surface area contributed by atoms with E-state index in [0.717, 1.165) is 54.7 Å². The van der Waals surface area contributed by atoms with Gasteiger partial charge in [0.15, 0.2) is 0 Å². The van der Waals surface area contributed by atoms with Crippen LogP contribution in [0.15, 0.2) is 17.8 Å². The molecule has 2 aromatic heterocycles. The van der Waals surface area contributed by atoms with Gasteiger partial charge in [0.25, 0.3) is 0 Å². The van der Waals surface area contributed by atoms with Gasteiger partial charge in [0.05, 0.1) is 10.8 Å². The zero-order valence-electron chi connectivity index (χ0n) is 15.2. The molecule has 0 bridgehead atoms. The number of hydrogen-bond acceptors (Lipinski definition) is 6. The van der Waals surface area contributed by atoms with Crippen molar-refractivity contribution < 1.29 is 14.7 Å². The van der Waals surface area contributed by atoms with Gasteiger partial charge in [0.2, 0.25) is 5.91 Å². The predicted octanol–water partition coefficient (Wildman–Crippen LogP) is 2.81. The summed E-state index contributed by atoms with van der Waals surface area (Å²) in [7, 11) is 0. The molecule has 1 amide bonds. The SMILES string of the molecule is O=C(NCC1(C(=O)O)CCCCC1)C1CCCN1c1ncnc2sccc12. The number of nitrogens with one attached hydrogen (secondary N) is 1. The van der Waals surface area contributed by atoms with Crippen LogP contribution >= 0.6 is 11.3 Å². The van der Waals surface area contributed by atoms with Gasteiger partial charge in [-0.15, -0.1) is 11.3 Å². The highest BCUT2D eigenvalue weighted by Crippen LogP contribution is 2.36. The standard InChI is InChI=1S/C19H24N4O3S/c24-16(20-11-19(18(25)26)7-2-1-3-8-19)14-5-4-9-23(14)15-13-6-10-27-17(13)22-12-21-15/h6,10,12,14H,1-5,7-9,11H2,(H,20,24)(H,25,26). The van der Waals surface area contributed by atoms with E-state index in [1.807, 2.05) is 16.3 Å². The summed E-state index contributed by atoms with van der Waals surface area (Å²) < 4.78 is 0. The number of nitrogens with zero attached hydrogens (tertiary/aromatic N) is 3. The lowest BCUT2D eigenvalue weighted by Gasteiger charge is -2.34. The highest BCUT2D eigenvalue weighted by molar-refractivity contribution is 7.16. The van der Waals surface area contributed by atoms with E-state index in [-0.39, 0.29) is 18.5 Å². The Balaban J connectivity index is 1.49. The summed E-state index contributed by atoms with van der Waals surface area (Å²) in [6.07, 6.45) is 7.38. The maximum atomic E-state index is 12.9. The molecule has 2 fully saturated rings. The first-order chi connectivity index (χ1) is 13.1. The molecule has 1 aliphatic carbocycles. The van der Waals surface area contributed by atoms with Crippen molar-refractivity contribution in [3.8, 4) is 0 Å². The molecule has 2 aromatic rings. The third kappa shape index (κ3) is 3.38. The third-order valence-electron chi connectivity index (χ3n) is 5.93. The number of carbonyl (C=O) groups is 2. The lowest BCUT2D eigenvalue weighted by Crippen LogP contribution is -2.49. The van der Waals surface area contributed by atoms with Crippen molar-refractivity contribution in [1.82, 2.24) is 15.3 Å². The molecule has 2 aliphatic rings. The molecule has 0 radical (unpaired) electrons. The first-order valence-corrected chi connectivity index (χ1v) is 10.4. The maximum absolute atomic E-state index is 12.9. The highest BCUT2D eigenvalue weighted by Gasteiger charge is 2.41. The second-order valence-electron chi connectivity index (χ2n) is 7.55. The van der Waals surface area contributed by atoms with Crippen molar-refractivity contribution in [3.05, 3.63) is 17.8 Å². The quantitative estimate of drug-likeness (QED) is 0.818. The Hall–Kier alpha value is -2.22.